The number of aromatic amines is 1. The van der Waals surface area contributed by atoms with E-state index in [0.717, 1.165) is 47.8 Å². The highest BCUT2D eigenvalue weighted by molar-refractivity contribution is 6.00. The molecular weight excluding hydrogens is 306 g/mol. The van der Waals surface area contributed by atoms with Crippen LogP contribution in [-0.2, 0) is 4.79 Å². The zero-order valence-electron chi connectivity index (χ0n) is 13.5. The third-order valence-electron chi connectivity index (χ3n) is 4.80. The molecule has 0 aliphatic heterocycles. The van der Waals surface area contributed by atoms with Gasteiger partial charge in [-0.05, 0) is 31.7 Å². The molecule has 0 spiro atoms. The van der Waals surface area contributed by atoms with Crippen molar-refractivity contribution >= 4 is 28.0 Å². The maximum atomic E-state index is 12.6. The van der Waals surface area contributed by atoms with Gasteiger partial charge in [-0.25, -0.2) is 9.97 Å². The molecule has 7 nitrogen and oxygen atoms in total. The summed E-state index contributed by atoms with van der Waals surface area (Å²) < 4.78 is 1.87. The third-order valence-corrected chi connectivity index (χ3v) is 4.80. The van der Waals surface area contributed by atoms with E-state index in [4.69, 9.17) is 0 Å². The van der Waals surface area contributed by atoms with Crippen LogP contribution in [0.2, 0.25) is 0 Å². The lowest BCUT2D eigenvalue weighted by Crippen LogP contribution is -2.38. The summed E-state index contributed by atoms with van der Waals surface area (Å²) >= 11 is 0. The van der Waals surface area contributed by atoms with Crippen LogP contribution < -0.4 is 10.9 Å². The molecule has 0 atom stereocenters. The van der Waals surface area contributed by atoms with Gasteiger partial charge in [0.05, 0.1) is 17.9 Å². The van der Waals surface area contributed by atoms with Crippen LogP contribution in [0, 0.1) is 0 Å². The summed E-state index contributed by atoms with van der Waals surface area (Å²) in [5, 5.41) is 3.90. The number of carbonyl (C=O) groups is 1. The van der Waals surface area contributed by atoms with Crippen LogP contribution in [0.5, 0.6) is 0 Å². The molecule has 1 amide bonds. The van der Waals surface area contributed by atoms with E-state index in [1.54, 1.807) is 13.1 Å². The van der Waals surface area contributed by atoms with Crippen molar-refractivity contribution in [1.29, 1.82) is 0 Å². The predicted molar refractivity (Wildman–Crippen MR) is 90.8 cm³/mol. The van der Waals surface area contributed by atoms with E-state index in [0.29, 0.717) is 0 Å². The van der Waals surface area contributed by atoms with Crippen molar-refractivity contribution < 1.29 is 4.79 Å². The van der Waals surface area contributed by atoms with Crippen molar-refractivity contribution in [1.82, 2.24) is 24.8 Å². The van der Waals surface area contributed by atoms with Crippen LogP contribution in [0.25, 0.3) is 22.1 Å². The Morgan fingerprint density at radius 2 is 2.04 bits per heavy atom. The smallest absolute Gasteiger partial charge is 0.269 e. The van der Waals surface area contributed by atoms with Crippen molar-refractivity contribution in [3.63, 3.8) is 0 Å². The first-order valence-corrected chi connectivity index (χ1v) is 8.24. The van der Waals surface area contributed by atoms with E-state index in [1.807, 2.05) is 16.8 Å². The van der Waals surface area contributed by atoms with E-state index < -0.39 is 0 Å². The second-order valence-corrected chi connectivity index (χ2v) is 6.40. The second kappa shape index (κ2) is 5.74. The molecule has 3 aromatic rings. The van der Waals surface area contributed by atoms with Gasteiger partial charge in [0, 0.05) is 30.6 Å². The van der Waals surface area contributed by atoms with Crippen LogP contribution >= 0.6 is 0 Å². The number of hydrogen-bond acceptors (Lipinski definition) is 4. The molecule has 24 heavy (non-hydrogen) atoms. The zero-order valence-corrected chi connectivity index (χ0v) is 13.5. The van der Waals surface area contributed by atoms with Crippen LogP contribution in [-0.4, -0.2) is 31.5 Å². The molecule has 0 bridgehead atoms. The van der Waals surface area contributed by atoms with E-state index in [9.17, 15) is 9.59 Å². The molecule has 2 N–H and O–H groups in total. The number of nitrogens with zero attached hydrogens (tertiary/aromatic N) is 3. The van der Waals surface area contributed by atoms with Gasteiger partial charge in [0.15, 0.2) is 0 Å². The highest BCUT2D eigenvalue weighted by atomic mass is 16.1. The number of H-pyrrole nitrogens is 1. The first-order chi connectivity index (χ1) is 11.6. The summed E-state index contributed by atoms with van der Waals surface area (Å²) in [5.41, 5.74) is 2.25. The number of aromatic nitrogens is 4. The van der Waals surface area contributed by atoms with Gasteiger partial charge in [-0.15, -0.1) is 0 Å². The Morgan fingerprint density at radius 3 is 2.79 bits per heavy atom. The van der Waals surface area contributed by atoms with Crippen molar-refractivity contribution in [2.24, 2.45) is 0 Å². The summed E-state index contributed by atoms with van der Waals surface area (Å²) in [6.07, 6.45) is 8.38. The maximum absolute atomic E-state index is 12.6. The van der Waals surface area contributed by atoms with Crippen molar-refractivity contribution in [2.75, 3.05) is 0 Å². The van der Waals surface area contributed by atoms with Gasteiger partial charge in [-0.2, -0.15) is 0 Å². The lowest BCUT2D eigenvalue weighted by molar-refractivity contribution is -0.119. The topological polar surface area (TPSA) is 92.7 Å². The summed E-state index contributed by atoms with van der Waals surface area (Å²) in [6, 6.07) is 2.26. The molecule has 124 valence electrons. The zero-order chi connectivity index (χ0) is 16.7. The van der Waals surface area contributed by atoms with Gasteiger partial charge in [0.2, 0.25) is 5.91 Å². The molecule has 1 saturated carbocycles. The highest BCUT2D eigenvalue weighted by Crippen LogP contribution is 2.31. The molecule has 7 heteroatoms. The minimum absolute atomic E-state index is 0.00471. The summed E-state index contributed by atoms with van der Waals surface area (Å²) in [6.45, 7) is 1.54. The fourth-order valence-electron chi connectivity index (χ4n) is 3.76. The summed E-state index contributed by atoms with van der Waals surface area (Å²) in [5.74, 6) is 0.00471. The average Bonchev–Trinajstić information content (AvgIpc) is 3.04. The Hall–Kier alpha value is -2.70. The summed E-state index contributed by atoms with van der Waals surface area (Å²) in [4.78, 5) is 35.5. The Bertz CT molecular complexity index is 966. The van der Waals surface area contributed by atoms with E-state index in [-0.39, 0.29) is 23.6 Å². The molecule has 3 heterocycles. The van der Waals surface area contributed by atoms with Crippen LogP contribution in [0.1, 0.15) is 38.6 Å². The largest absolute Gasteiger partial charge is 0.354 e. The number of nitrogens with one attached hydrogen (secondary N) is 2. The number of rotatable bonds is 2. The Balaban J connectivity index is 1.77. The Labute approximate surface area is 138 Å². The van der Waals surface area contributed by atoms with E-state index in [2.05, 4.69) is 20.3 Å². The summed E-state index contributed by atoms with van der Waals surface area (Å²) in [7, 11) is 0. The van der Waals surface area contributed by atoms with Gasteiger partial charge in [0.25, 0.3) is 5.56 Å². The predicted octanol–water partition coefficient (Wildman–Crippen LogP) is 1.89. The number of carbonyl (C=O) groups excluding carboxylic acids is 1. The molecule has 4 rings (SSSR count). The van der Waals surface area contributed by atoms with Gasteiger partial charge in [0.1, 0.15) is 11.2 Å². The van der Waals surface area contributed by atoms with Crippen molar-refractivity contribution in [3.05, 3.63) is 35.0 Å². The normalized spacial score (nSPS) is 21.2. The lowest BCUT2D eigenvalue weighted by atomic mass is 9.90. The molecule has 1 fully saturated rings. The average molecular weight is 325 g/mol. The first kappa shape index (κ1) is 14.9. The molecule has 0 radical (unpaired) electrons. The number of fused-ring (bicyclic) bond motifs is 3. The minimum atomic E-state index is -0.0841. The molecule has 1 aliphatic carbocycles. The number of hydrogen-bond donors (Lipinski definition) is 2. The first-order valence-electron chi connectivity index (χ1n) is 8.24. The number of amides is 1. The Kier molecular flexibility index (Phi) is 3.55. The minimum Gasteiger partial charge on any atom is -0.354 e. The molecule has 0 unspecified atom stereocenters. The second-order valence-electron chi connectivity index (χ2n) is 6.40. The molecule has 0 saturated heterocycles. The fourth-order valence-corrected chi connectivity index (χ4v) is 3.76. The number of pyridine rings is 1. The van der Waals surface area contributed by atoms with Crippen LogP contribution in [0.15, 0.2) is 29.5 Å². The highest BCUT2D eigenvalue weighted by Gasteiger charge is 2.25. The van der Waals surface area contributed by atoms with Gasteiger partial charge in [-0.1, -0.05) is 0 Å². The molecule has 3 aromatic heterocycles. The Morgan fingerprint density at radius 1 is 1.25 bits per heavy atom. The maximum Gasteiger partial charge on any atom is 0.269 e. The van der Waals surface area contributed by atoms with Crippen molar-refractivity contribution in [2.45, 2.75) is 44.7 Å². The van der Waals surface area contributed by atoms with Gasteiger partial charge in [-0.3, -0.25) is 9.59 Å². The molecule has 0 aromatic carbocycles. The quantitative estimate of drug-likeness (QED) is 0.752. The monoisotopic (exact) mass is 325 g/mol. The van der Waals surface area contributed by atoms with Gasteiger partial charge < -0.3 is 14.9 Å². The lowest BCUT2D eigenvalue weighted by Gasteiger charge is -2.30. The van der Waals surface area contributed by atoms with Crippen molar-refractivity contribution in [3.8, 4) is 0 Å². The van der Waals surface area contributed by atoms with E-state index >= 15 is 0 Å². The van der Waals surface area contributed by atoms with Crippen LogP contribution in [0.4, 0.5) is 0 Å². The van der Waals surface area contributed by atoms with E-state index in [1.165, 1.54) is 6.20 Å². The molecular formula is C17H19N5O2. The van der Waals surface area contributed by atoms with Crippen LogP contribution in [0.3, 0.4) is 0 Å². The van der Waals surface area contributed by atoms with Gasteiger partial charge >= 0.3 is 0 Å². The standard InChI is InChI=1S/C17H19N5O2/c1-10(23)21-11-2-4-12(5-3-11)22-15(24)9-19-14-8-20-17-13(16(14)22)6-7-18-17/h6-9,11-12H,2-5H2,1H3,(H,18,20)(H,21,23)/t11-,12-. The SMILES string of the molecule is CC(=O)N[C@H]1CC[C@H](n2c(=O)cnc3cnc4[nH]ccc4c32)CC1. The molecule has 1 aliphatic rings. The third kappa shape index (κ3) is 2.46. The fraction of sp³-hybridized carbons (Fsp3) is 0.412.